The Morgan fingerprint density at radius 1 is 1.35 bits per heavy atom. The summed E-state index contributed by atoms with van der Waals surface area (Å²) in [7, 11) is 0. The number of nitrogens with two attached hydrogens (primary N) is 1. The lowest BCUT2D eigenvalue weighted by Crippen LogP contribution is -2.54. The first-order valence-corrected chi connectivity index (χ1v) is 7.36. The molecule has 1 fully saturated rings. The molecule has 1 aromatic rings. The topological polar surface area (TPSA) is 84.2 Å². The molecule has 0 atom stereocenters. The van der Waals surface area contributed by atoms with Crippen LogP contribution in [-0.2, 0) is 4.79 Å². The molecule has 0 aliphatic heterocycles. The van der Waals surface area contributed by atoms with E-state index >= 15 is 0 Å². The van der Waals surface area contributed by atoms with Crippen molar-refractivity contribution in [2.75, 3.05) is 13.1 Å². The van der Waals surface area contributed by atoms with Crippen LogP contribution in [-0.4, -0.2) is 30.4 Å². The summed E-state index contributed by atoms with van der Waals surface area (Å²) in [6, 6.07) is 3.54. The van der Waals surface area contributed by atoms with E-state index in [1.54, 1.807) is 6.07 Å². The third-order valence-corrected chi connectivity index (χ3v) is 4.38. The molecule has 112 valence electrons. The first kappa shape index (κ1) is 16.9. The Morgan fingerprint density at radius 2 is 2.05 bits per heavy atom. The summed E-state index contributed by atoms with van der Waals surface area (Å²) in [5, 5.41) is 7.42. The predicted octanol–water partition coefficient (Wildman–Crippen LogP) is 1.29. The van der Waals surface area contributed by atoms with Crippen LogP contribution in [0.15, 0.2) is 17.5 Å². The predicted molar refractivity (Wildman–Crippen MR) is 82.3 cm³/mol. The first-order valence-electron chi connectivity index (χ1n) is 6.48. The molecule has 1 aromatic heterocycles. The molecule has 0 bridgehead atoms. The van der Waals surface area contributed by atoms with Gasteiger partial charge in [0.1, 0.15) is 0 Å². The molecule has 1 aliphatic carbocycles. The van der Waals surface area contributed by atoms with E-state index in [9.17, 15) is 9.59 Å². The molecule has 1 saturated carbocycles. The normalized spacial score (nSPS) is 16.2. The summed E-state index contributed by atoms with van der Waals surface area (Å²) in [6.45, 7) is 0.454. The van der Waals surface area contributed by atoms with E-state index in [1.807, 2.05) is 11.4 Å². The molecule has 7 heteroatoms. The SMILES string of the molecule is Cl.NCC1(NC(=O)CNC(=O)c2cccs2)CCCC1. The zero-order chi connectivity index (χ0) is 13.7. The molecule has 1 aliphatic rings. The fourth-order valence-electron chi connectivity index (χ4n) is 2.43. The number of rotatable bonds is 5. The Labute approximate surface area is 128 Å². The highest BCUT2D eigenvalue weighted by Gasteiger charge is 2.33. The molecular weight excluding hydrogens is 298 g/mol. The molecule has 0 spiro atoms. The van der Waals surface area contributed by atoms with Crippen LogP contribution in [0.3, 0.4) is 0 Å². The number of halogens is 1. The van der Waals surface area contributed by atoms with Crippen LogP contribution in [0.5, 0.6) is 0 Å². The molecular formula is C13H20ClN3O2S. The monoisotopic (exact) mass is 317 g/mol. The minimum absolute atomic E-state index is 0. The van der Waals surface area contributed by atoms with Crippen molar-refractivity contribution >= 4 is 35.6 Å². The van der Waals surface area contributed by atoms with Crippen molar-refractivity contribution in [1.82, 2.24) is 10.6 Å². The quantitative estimate of drug-likeness (QED) is 0.765. The van der Waals surface area contributed by atoms with Crippen molar-refractivity contribution in [3.8, 4) is 0 Å². The molecule has 2 rings (SSSR count). The van der Waals surface area contributed by atoms with Crippen molar-refractivity contribution < 1.29 is 9.59 Å². The number of carbonyl (C=O) groups is 2. The van der Waals surface area contributed by atoms with Gasteiger partial charge in [0.15, 0.2) is 0 Å². The van der Waals surface area contributed by atoms with Crippen LogP contribution < -0.4 is 16.4 Å². The Morgan fingerprint density at radius 3 is 2.60 bits per heavy atom. The standard InChI is InChI=1S/C13H19N3O2S.ClH/c14-9-13(5-1-2-6-13)16-11(17)8-15-12(18)10-4-3-7-19-10;/h3-4,7H,1-2,5-6,8-9,14H2,(H,15,18)(H,16,17);1H. The highest BCUT2D eigenvalue weighted by Crippen LogP contribution is 2.28. The minimum atomic E-state index is -0.259. The number of hydrogen-bond donors (Lipinski definition) is 3. The van der Waals surface area contributed by atoms with Crippen LogP contribution in [0.4, 0.5) is 0 Å². The van der Waals surface area contributed by atoms with Gasteiger partial charge in [0.05, 0.1) is 17.0 Å². The van der Waals surface area contributed by atoms with E-state index in [0.29, 0.717) is 11.4 Å². The lowest BCUT2D eigenvalue weighted by atomic mass is 9.98. The van der Waals surface area contributed by atoms with Crippen LogP contribution in [0, 0.1) is 0 Å². The van der Waals surface area contributed by atoms with Crippen LogP contribution in [0.25, 0.3) is 0 Å². The summed E-state index contributed by atoms with van der Waals surface area (Å²) in [4.78, 5) is 24.2. The van der Waals surface area contributed by atoms with E-state index in [2.05, 4.69) is 10.6 Å². The smallest absolute Gasteiger partial charge is 0.261 e. The fourth-order valence-corrected chi connectivity index (χ4v) is 3.07. The third kappa shape index (κ3) is 4.19. The number of amides is 2. The van der Waals surface area contributed by atoms with Gasteiger partial charge in [0, 0.05) is 6.54 Å². The lowest BCUT2D eigenvalue weighted by Gasteiger charge is -2.28. The van der Waals surface area contributed by atoms with E-state index in [0.717, 1.165) is 25.7 Å². The number of thiophene rings is 1. The van der Waals surface area contributed by atoms with Crippen molar-refractivity contribution in [2.45, 2.75) is 31.2 Å². The van der Waals surface area contributed by atoms with Gasteiger partial charge in [-0.05, 0) is 24.3 Å². The van der Waals surface area contributed by atoms with Crippen molar-refractivity contribution in [3.63, 3.8) is 0 Å². The lowest BCUT2D eigenvalue weighted by molar-refractivity contribution is -0.121. The largest absolute Gasteiger partial charge is 0.348 e. The second kappa shape index (κ2) is 7.61. The van der Waals surface area contributed by atoms with E-state index in [4.69, 9.17) is 5.73 Å². The van der Waals surface area contributed by atoms with Gasteiger partial charge in [-0.2, -0.15) is 0 Å². The maximum atomic E-state index is 11.9. The second-order valence-electron chi connectivity index (χ2n) is 4.90. The first-order chi connectivity index (χ1) is 9.15. The van der Waals surface area contributed by atoms with Gasteiger partial charge < -0.3 is 16.4 Å². The zero-order valence-electron chi connectivity index (χ0n) is 11.2. The Kier molecular flexibility index (Phi) is 6.45. The van der Waals surface area contributed by atoms with Gasteiger partial charge in [-0.3, -0.25) is 9.59 Å². The molecule has 0 saturated heterocycles. The molecule has 4 N–H and O–H groups in total. The summed E-state index contributed by atoms with van der Waals surface area (Å²) < 4.78 is 0. The maximum absolute atomic E-state index is 11.9. The van der Waals surface area contributed by atoms with Gasteiger partial charge in [0.2, 0.25) is 5.91 Å². The maximum Gasteiger partial charge on any atom is 0.261 e. The van der Waals surface area contributed by atoms with Crippen LogP contribution >= 0.6 is 23.7 Å². The molecule has 2 amide bonds. The number of hydrogen-bond acceptors (Lipinski definition) is 4. The highest BCUT2D eigenvalue weighted by atomic mass is 35.5. The van der Waals surface area contributed by atoms with Gasteiger partial charge in [0.25, 0.3) is 5.91 Å². The summed E-state index contributed by atoms with van der Waals surface area (Å²) in [5.74, 6) is -0.379. The Hall–Kier alpha value is -1.11. The summed E-state index contributed by atoms with van der Waals surface area (Å²) >= 11 is 1.36. The van der Waals surface area contributed by atoms with Crippen LogP contribution in [0.1, 0.15) is 35.4 Å². The summed E-state index contributed by atoms with van der Waals surface area (Å²) in [6.07, 6.45) is 4.04. The number of nitrogens with one attached hydrogen (secondary N) is 2. The van der Waals surface area contributed by atoms with Gasteiger partial charge in [-0.15, -0.1) is 23.7 Å². The third-order valence-electron chi connectivity index (χ3n) is 3.51. The van der Waals surface area contributed by atoms with E-state index in [-0.39, 0.29) is 36.3 Å². The molecule has 0 radical (unpaired) electrons. The highest BCUT2D eigenvalue weighted by molar-refractivity contribution is 7.12. The summed E-state index contributed by atoms with van der Waals surface area (Å²) in [5.41, 5.74) is 5.49. The Balaban J connectivity index is 0.00000200. The van der Waals surface area contributed by atoms with Gasteiger partial charge in [-0.1, -0.05) is 18.9 Å². The Bertz CT molecular complexity index is 444. The fraction of sp³-hybridized carbons (Fsp3) is 0.538. The van der Waals surface area contributed by atoms with E-state index < -0.39 is 0 Å². The molecule has 20 heavy (non-hydrogen) atoms. The molecule has 5 nitrogen and oxygen atoms in total. The number of carbonyl (C=O) groups excluding carboxylic acids is 2. The van der Waals surface area contributed by atoms with Gasteiger partial charge in [-0.25, -0.2) is 0 Å². The minimum Gasteiger partial charge on any atom is -0.348 e. The average molecular weight is 318 g/mol. The van der Waals surface area contributed by atoms with Crippen LogP contribution in [0.2, 0.25) is 0 Å². The van der Waals surface area contributed by atoms with Crippen molar-refractivity contribution in [2.24, 2.45) is 5.73 Å². The zero-order valence-corrected chi connectivity index (χ0v) is 12.8. The van der Waals surface area contributed by atoms with Crippen molar-refractivity contribution in [1.29, 1.82) is 0 Å². The molecule has 1 heterocycles. The van der Waals surface area contributed by atoms with Crippen molar-refractivity contribution in [3.05, 3.63) is 22.4 Å². The second-order valence-corrected chi connectivity index (χ2v) is 5.85. The molecule has 0 unspecified atom stereocenters. The average Bonchev–Trinajstić information content (AvgIpc) is 3.07. The van der Waals surface area contributed by atoms with E-state index in [1.165, 1.54) is 11.3 Å². The van der Waals surface area contributed by atoms with Gasteiger partial charge >= 0.3 is 0 Å². The molecule has 0 aromatic carbocycles.